The number of rotatable bonds is 2. The standard InChI is InChI=1S/C7H11N2O2P/c8-6-3-1-5(2-4-6)7(9)12(10)11/h1-4,7,10-11H,8-9H2. The van der Waals surface area contributed by atoms with Crippen LogP contribution >= 0.6 is 8.38 Å². The zero-order valence-electron chi connectivity index (χ0n) is 6.38. The van der Waals surface area contributed by atoms with Crippen LogP contribution < -0.4 is 11.5 Å². The summed E-state index contributed by atoms with van der Waals surface area (Å²) in [6.45, 7) is 0. The Labute approximate surface area is 71.7 Å². The summed E-state index contributed by atoms with van der Waals surface area (Å²) < 4.78 is 0. The number of nitrogens with two attached hydrogens (primary N) is 2. The van der Waals surface area contributed by atoms with E-state index in [1.165, 1.54) is 0 Å². The molecular formula is C7H11N2O2P. The maximum absolute atomic E-state index is 8.81. The Morgan fingerprint density at radius 2 is 1.67 bits per heavy atom. The van der Waals surface area contributed by atoms with E-state index in [0.717, 1.165) is 0 Å². The highest BCUT2D eigenvalue weighted by Gasteiger charge is 2.13. The molecule has 0 heterocycles. The van der Waals surface area contributed by atoms with Crippen molar-refractivity contribution < 1.29 is 9.79 Å². The summed E-state index contributed by atoms with van der Waals surface area (Å²) in [5, 5.41) is 0. The van der Waals surface area contributed by atoms with Gasteiger partial charge in [0.2, 0.25) is 0 Å². The molecule has 0 aliphatic carbocycles. The van der Waals surface area contributed by atoms with E-state index in [4.69, 9.17) is 21.3 Å². The Hall–Kier alpha value is -0.670. The van der Waals surface area contributed by atoms with Crippen LogP contribution in [0.15, 0.2) is 24.3 Å². The van der Waals surface area contributed by atoms with Crippen molar-refractivity contribution in [2.45, 2.75) is 5.78 Å². The van der Waals surface area contributed by atoms with E-state index in [2.05, 4.69) is 0 Å². The predicted octanol–water partition coefficient (Wildman–Crippen LogP) is 0.523. The molecule has 66 valence electrons. The lowest BCUT2D eigenvalue weighted by Crippen LogP contribution is -2.07. The van der Waals surface area contributed by atoms with Crippen molar-refractivity contribution in [3.8, 4) is 0 Å². The van der Waals surface area contributed by atoms with E-state index < -0.39 is 14.2 Å². The SMILES string of the molecule is Nc1ccc(C(N)P(O)O)cc1. The molecule has 1 aromatic carbocycles. The normalized spacial score (nSPS) is 13.3. The molecule has 0 saturated carbocycles. The Morgan fingerprint density at radius 1 is 1.17 bits per heavy atom. The topological polar surface area (TPSA) is 92.5 Å². The molecule has 0 bridgehead atoms. The van der Waals surface area contributed by atoms with E-state index in [9.17, 15) is 0 Å². The van der Waals surface area contributed by atoms with Crippen molar-refractivity contribution in [1.29, 1.82) is 0 Å². The molecule has 0 saturated heterocycles. The molecule has 0 radical (unpaired) electrons. The van der Waals surface area contributed by atoms with Crippen LogP contribution in [0.4, 0.5) is 5.69 Å². The molecule has 0 aromatic heterocycles. The van der Waals surface area contributed by atoms with Gasteiger partial charge < -0.3 is 21.3 Å². The third kappa shape index (κ3) is 2.16. The molecule has 4 nitrogen and oxygen atoms in total. The average molecular weight is 186 g/mol. The van der Waals surface area contributed by atoms with Gasteiger partial charge in [-0.3, -0.25) is 0 Å². The van der Waals surface area contributed by atoms with Gasteiger partial charge in [0, 0.05) is 5.69 Å². The minimum absolute atomic E-state index is 0.631. The quantitative estimate of drug-likeness (QED) is 0.400. The molecule has 1 aromatic rings. The van der Waals surface area contributed by atoms with E-state index in [1.54, 1.807) is 24.3 Å². The Balaban J connectivity index is 2.82. The third-order valence-electron chi connectivity index (χ3n) is 1.53. The van der Waals surface area contributed by atoms with E-state index >= 15 is 0 Å². The van der Waals surface area contributed by atoms with Crippen LogP contribution in [0.2, 0.25) is 0 Å². The van der Waals surface area contributed by atoms with Gasteiger partial charge in [0.25, 0.3) is 0 Å². The van der Waals surface area contributed by atoms with Crippen LogP contribution in [0.1, 0.15) is 11.3 Å². The van der Waals surface area contributed by atoms with Crippen molar-refractivity contribution in [1.82, 2.24) is 0 Å². The summed E-state index contributed by atoms with van der Waals surface area (Å²) in [6, 6.07) is 6.71. The molecule has 0 aliphatic rings. The van der Waals surface area contributed by atoms with E-state index in [0.29, 0.717) is 11.3 Å². The van der Waals surface area contributed by atoms with Crippen LogP contribution in [0.5, 0.6) is 0 Å². The fourth-order valence-corrected chi connectivity index (χ4v) is 1.27. The lowest BCUT2D eigenvalue weighted by Gasteiger charge is -2.12. The van der Waals surface area contributed by atoms with Gasteiger partial charge in [-0.2, -0.15) is 0 Å². The number of anilines is 1. The molecule has 12 heavy (non-hydrogen) atoms. The second-order valence-corrected chi connectivity index (χ2v) is 3.63. The molecule has 0 amide bonds. The van der Waals surface area contributed by atoms with Crippen molar-refractivity contribution in [2.24, 2.45) is 5.73 Å². The molecule has 0 fully saturated rings. The van der Waals surface area contributed by atoms with Crippen molar-refractivity contribution >= 4 is 14.1 Å². The van der Waals surface area contributed by atoms with Crippen molar-refractivity contribution in [3.63, 3.8) is 0 Å². The lowest BCUT2D eigenvalue weighted by molar-refractivity contribution is 0.467. The smallest absolute Gasteiger partial charge is 0.187 e. The van der Waals surface area contributed by atoms with Crippen LogP contribution in [-0.4, -0.2) is 9.79 Å². The minimum Gasteiger partial charge on any atom is -0.399 e. The molecule has 1 atom stereocenters. The second kappa shape index (κ2) is 3.83. The molecule has 1 unspecified atom stereocenters. The van der Waals surface area contributed by atoms with Gasteiger partial charge in [-0.25, -0.2) is 0 Å². The maximum Gasteiger partial charge on any atom is 0.187 e. The molecular weight excluding hydrogens is 175 g/mol. The predicted molar refractivity (Wildman–Crippen MR) is 49.1 cm³/mol. The van der Waals surface area contributed by atoms with Crippen molar-refractivity contribution in [3.05, 3.63) is 29.8 Å². The van der Waals surface area contributed by atoms with E-state index in [1.807, 2.05) is 0 Å². The fourth-order valence-electron chi connectivity index (χ4n) is 0.827. The molecule has 5 heteroatoms. The number of benzene rings is 1. The first kappa shape index (κ1) is 9.42. The van der Waals surface area contributed by atoms with Gasteiger partial charge in [0.1, 0.15) is 5.78 Å². The first-order valence-corrected chi connectivity index (χ1v) is 4.71. The van der Waals surface area contributed by atoms with Gasteiger partial charge >= 0.3 is 0 Å². The van der Waals surface area contributed by atoms with Gasteiger partial charge in [-0.1, -0.05) is 12.1 Å². The molecule has 0 aliphatic heterocycles. The zero-order chi connectivity index (χ0) is 9.14. The first-order valence-electron chi connectivity index (χ1n) is 3.39. The van der Waals surface area contributed by atoms with Gasteiger partial charge in [0.05, 0.1) is 0 Å². The summed E-state index contributed by atoms with van der Waals surface area (Å²) in [7, 11) is -2.11. The number of hydrogen-bond acceptors (Lipinski definition) is 4. The number of hydrogen-bond donors (Lipinski definition) is 4. The Kier molecular flexibility index (Phi) is 3.00. The highest BCUT2D eigenvalue weighted by Crippen LogP contribution is 2.39. The van der Waals surface area contributed by atoms with E-state index in [-0.39, 0.29) is 0 Å². The van der Waals surface area contributed by atoms with Crippen LogP contribution in [-0.2, 0) is 0 Å². The van der Waals surface area contributed by atoms with Crippen LogP contribution in [0.3, 0.4) is 0 Å². The number of nitrogen functional groups attached to an aromatic ring is 1. The van der Waals surface area contributed by atoms with Crippen molar-refractivity contribution in [2.75, 3.05) is 5.73 Å². The van der Waals surface area contributed by atoms with Crippen LogP contribution in [0.25, 0.3) is 0 Å². The summed E-state index contributed by atoms with van der Waals surface area (Å²) in [5.41, 5.74) is 12.2. The largest absolute Gasteiger partial charge is 0.399 e. The Bertz CT molecular complexity index is 250. The summed E-state index contributed by atoms with van der Waals surface area (Å²) in [6.07, 6.45) is 0. The monoisotopic (exact) mass is 186 g/mol. The van der Waals surface area contributed by atoms with Gasteiger partial charge in [-0.05, 0) is 17.7 Å². The minimum atomic E-state index is -2.11. The average Bonchev–Trinajstić information content (AvgIpc) is 2.04. The lowest BCUT2D eigenvalue weighted by atomic mass is 10.2. The highest BCUT2D eigenvalue weighted by molar-refractivity contribution is 7.45. The highest BCUT2D eigenvalue weighted by atomic mass is 31.2. The first-order chi connectivity index (χ1) is 5.61. The fraction of sp³-hybridized carbons (Fsp3) is 0.143. The maximum atomic E-state index is 8.81. The molecule has 0 spiro atoms. The molecule has 1 rings (SSSR count). The van der Waals surface area contributed by atoms with Gasteiger partial charge in [0.15, 0.2) is 8.38 Å². The van der Waals surface area contributed by atoms with Crippen LogP contribution in [0, 0.1) is 0 Å². The second-order valence-electron chi connectivity index (χ2n) is 2.43. The Morgan fingerprint density at radius 3 is 2.08 bits per heavy atom. The van der Waals surface area contributed by atoms with Gasteiger partial charge in [-0.15, -0.1) is 0 Å². The summed E-state index contributed by atoms with van der Waals surface area (Å²) in [4.78, 5) is 17.6. The summed E-state index contributed by atoms with van der Waals surface area (Å²) >= 11 is 0. The third-order valence-corrected chi connectivity index (χ3v) is 2.32. The summed E-state index contributed by atoms with van der Waals surface area (Å²) in [5.74, 6) is -0.708. The molecule has 6 N–H and O–H groups in total. The zero-order valence-corrected chi connectivity index (χ0v) is 7.28.